The first-order valence-electron chi connectivity index (χ1n) is 8.20. The zero-order chi connectivity index (χ0) is 19.9. The highest BCUT2D eigenvalue weighted by Gasteiger charge is 2.30. The number of alkyl halides is 3. The van der Waals surface area contributed by atoms with E-state index in [0.29, 0.717) is 29.2 Å². The standard InChI is InChI=1S/C19H18F4N4.HI/c1-2-25-18(27-12-15-8-13(10-24)6-7-17(15)20)26-11-14-4-3-5-16(9-14)19(21,22)23;/h3-9H,2,11-12H2,1H3,(H2,25,26,27);1H. The predicted molar refractivity (Wildman–Crippen MR) is 110 cm³/mol. The van der Waals surface area contributed by atoms with Gasteiger partial charge in [0.15, 0.2) is 5.96 Å². The molecular weight excluding hydrogens is 487 g/mol. The van der Waals surface area contributed by atoms with E-state index in [2.05, 4.69) is 15.6 Å². The average molecular weight is 506 g/mol. The molecule has 2 aromatic rings. The van der Waals surface area contributed by atoms with E-state index in [9.17, 15) is 17.6 Å². The molecule has 28 heavy (non-hydrogen) atoms. The fourth-order valence-electron chi connectivity index (χ4n) is 2.32. The van der Waals surface area contributed by atoms with Gasteiger partial charge in [0.25, 0.3) is 0 Å². The van der Waals surface area contributed by atoms with Crippen LogP contribution in [-0.2, 0) is 19.3 Å². The molecular formula is C19H19F4IN4. The van der Waals surface area contributed by atoms with Crippen LogP contribution < -0.4 is 10.6 Å². The van der Waals surface area contributed by atoms with E-state index in [1.54, 1.807) is 6.07 Å². The number of aliphatic imine (C=N–C) groups is 1. The van der Waals surface area contributed by atoms with Gasteiger partial charge >= 0.3 is 6.18 Å². The van der Waals surface area contributed by atoms with Crippen LogP contribution in [-0.4, -0.2) is 12.5 Å². The van der Waals surface area contributed by atoms with Crippen molar-refractivity contribution in [1.82, 2.24) is 10.6 Å². The largest absolute Gasteiger partial charge is 0.416 e. The van der Waals surface area contributed by atoms with Gasteiger partial charge in [-0.3, -0.25) is 0 Å². The van der Waals surface area contributed by atoms with Gasteiger partial charge in [-0.2, -0.15) is 18.4 Å². The van der Waals surface area contributed by atoms with Crippen LogP contribution in [0.3, 0.4) is 0 Å². The van der Waals surface area contributed by atoms with Crippen molar-refractivity contribution in [1.29, 1.82) is 5.26 Å². The summed E-state index contributed by atoms with van der Waals surface area (Å²) in [6.45, 7) is 2.46. The van der Waals surface area contributed by atoms with E-state index < -0.39 is 17.6 Å². The van der Waals surface area contributed by atoms with Gasteiger partial charge < -0.3 is 10.6 Å². The summed E-state index contributed by atoms with van der Waals surface area (Å²) < 4.78 is 52.2. The summed E-state index contributed by atoms with van der Waals surface area (Å²) in [4.78, 5) is 4.23. The molecule has 0 bridgehead atoms. The number of hydrogen-bond donors (Lipinski definition) is 2. The van der Waals surface area contributed by atoms with E-state index >= 15 is 0 Å². The second kappa shape index (κ2) is 10.8. The summed E-state index contributed by atoms with van der Waals surface area (Å²) in [5, 5.41) is 14.8. The van der Waals surface area contributed by atoms with Crippen LogP contribution in [0.25, 0.3) is 0 Å². The van der Waals surface area contributed by atoms with Crippen LogP contribution in [0.15, 0.2) is 47.5 Å². The van der Waals surface area contributed by atoms with E-state index in [1.807, 2.05) is 13.0 Å². The Kier molecular flexibility index (Phi) is 9.18. The van der Waals surface area contributed by atoms with Gasteiger partial charge in [0.2, 0.25) is 0 Å². The molecule has 4 nitrogen and oxygen atoms in total. The lowest BCUT2D eigenvalue weighted by Crippen LogP contribution is -2.37. The maximum atomic E-state index is 13.8. The third kappa shape index (κ3) is 6.99. The highest BCUT2D eigenvalue weighted by molar-refractivity contribution is 14.0. The predicted octanol–water partition coefficient (Wildman–Crippen LogP) is 4.59. The minimum absolute atomic E-state index is 0. The van der Waals surface area contributed by atoms with Gasteiger partial charge in [0.1, 0.15) is 5.82 Å². The summed E-state index contributed by atoms with van der Waals surface area (Å²) in [6.07, 6.45) is -4.41. The smallest absolute Gasteiger partial charge is 0.357 e. The van der Waals surface area contributed by atoms with E-state index in [0.717, 1.165) is 12.1 Å². The molecule has 0 aliphatic rings. The van der Waals surface area contributed by atoms with Crippen LogP contribution in [0.1, 0.15) is 29.2 Å². The summed E-state index contributed by atoms with van der Waals surface area (Å²) in [6, 6.07) is 10.9. The van der Waals surface area contributed by atoms with Crippen molar-refractivity contribution in [3.8, 4) is 6.07 Å². The Labute approximate surface area is 177 Å². The van der Waals surface area contributed by atoms with Gasteiger partial charge in [-0.1, -0.05) is 12.1 Å². The molecule has 2 N–H and O–H groups in total. The second-order valence-corrected chi connectivity index (χ2v) is 5.66. The summed E-state index contributed by atoms with van der Waals surface area (Å²) in [5.41, 5.74) is 0.293. The fourth-order valence-corrected chi connectivity index (χ4v) is 2.32. The van der Waals surface area contributed by atoms with Gasteiger partial charge in [0.05, 0.1) is 23.7 Å². The Bertz CT molecular complexity index is 860. The molecule has 2 rings (SSSR count). The highest BCUT2D eigenvalue weighted by Crippen LogP contribution is 2.29. The quantitative estimate of drug-likeness (QED) is 0.270. The maximum Gasteiger partial charge on any atom is 0.416 e. The van der Waals surface area contributed by atoms with Gasteiger partial charge in [-0.05, 0) is 42.8 Å². The lowest BCUT2D eigenvalue weighted by molar-refractivity contribution is -0.137. The second-order valence-electron chi connectivity index (χ2n) is 5.66. The van der Waals surface area contributed by atoms with Crippen molar-refractivity contribution in [2.75, 3.05) is 6.54 Å². The number of benzene rings is 2. The van der Waals surface area contributed by atoms with Crippen LogP contribution in [0.5, 0.6) is 0 Å². The van der Waals surface area contributed by atoms with Crippen LogP contribution in [0.2, 0.25) is 0 Å². The molecule has 0 aliphatic heterocycles. The molecule has 0 atom stereocenters. The van der Waals surface area contributed by atoms with Crippen molar-refractivity contribution in [3.05, 3.63) is 70.5 Å². The molecule has 0 aliphatic carbocycles. The normalized spacial score (nSPS) is 11.4. The lowest BCUT2D eigenvalue weighted by atomic mass is 10.1. The van der Waals surface area contributed by atoms with Crippen LogP contribution in [0, 0.1) is 17.1 Å². The Hall–Kier alpha value is -2.35. The molecule has 0 heterocycles. The Balaban J connectivity index is 0.00000392. The van der Waals surface area contributed by atoms with Gasteiger partial charge in [-0.25, -0.2) is 9.38 Å². The fraction of sp³-hybridized carbons (Fsp3) is 0.263. The lowest BCUT2D eigenvalue weighted by Gasteiger charge is -2.12. The third-order valence-corrected chi connectivity index (χ3v) is 3.64. The number of nitrogens with zero attached hydrogens (tertiary/aromatic N) is 2. The first-order valence-corrected chi connectivity index (χ1v) is 8.20. The van der Waals surface area contributed by atoms with Crippen molar-refractivity contribution >= 4 is 29.9 Å². The number of nitrogens with one attached hydrogen (secondary N) is 2. The summed E-state index contributed by atoms with van der Waals surface area (Å²) >= 11 is 0. The average Bonchev–Trinajstić information content (AvgIpc) is 2.64. The topological polar surface area (TPSA) is 60.2 Å². The van der Waals surface area contributed by atoms with Gasteiger partial charge in [0, 0.05) is 18.7 Å². The van der Waals surface area contributed by atoms with Crippen molar-refractivity contribution < 1.29 is 17.6 Å². The molecule has 0 fully saturated rings. The number of halogens is 5. The minimum Gasteiger partial charge on any atom is -0.357 e. The molecule has 0 saturated carbocycles. The molecule has 0 radical (unpaired) electrons. The molecule has 0 aromatic heterocycles. The first kappa shape index (κ1) is 23.7. The number of nitriles is 1. The van der Waals surface area contributed by atoms with Crippen LogP contribution in [0.4, 0.5) is 17.6 Å². The van der Waals surface area contributed by atoms with E-state index in [-0.39, 0.29) is 37.1 Å². The molecule has 0 amide bonds. The molecule has 150 valence electrons. The Morgan fingerprint density at radius 1 is 1.14 bits per heavy atom. The SMILES string of the molecule is CCNC(=NCc1cccc(C(F)(F)F)c1)NCc1cc(C#N)ccc1F.I. The molecule has 2 aromatic carbocycles. The zero-order valence-corrected chi connectivity index (χ0v) is 17.3. The van der Waals surface area contributed by atoms with E-state index in [4.69, 9.17) is 5.26 Å². The number of hydrogen-bond acceptors (Lipinski definition) is 2. The van der Waals surface area contributed by atoms with Crippen molar-refractivity contribution in [2.45, 2.75) is 26.2 Å². The summed E-state index contributed by atoms with van der Waals surface area (Å²) in [5.74, 6) is -0.133. The minimum atomic E-state index is -4.41. The molecule has 0 unspecified atom stereocenters. The first-order chi connectivity index (χ1) is 12.8. The Morgan fingerprint density at radius 2 is 1.89 bits per heavy atom. The van der Waals surface area contributed by atoms with Gasteiger partial charge in [-0.15, -0.1) is 24.0 Å². The zero-order valence-electron chi connectivity index (χ0n) is 15.0. The third-order valence-electron chi connectivity index (χ3n) is 3.64. The number of guanidine groups is 1. The van der Waals surface area contributed by atoms with Crippen molar-refractivity contribution in [2.24, 2.45) is 4.99 Å². The Morgan fingerprint density at radius 3 is 2.54 bits per heavy atom. The molecule has 9 heteroatoms. The molecule has 0 saturated heterocycles. The van der Waals surface area contributed by atoms with Crippen molar-refractivity contribution in [3.63, 3.8) is 0 Å². The highest BCUT2D eigenvalue weighted by atomic mass is 127. The summed E-state index contributed by atoms with van der Waals surface area (Å²) in [7, 11) is 0. The van der Waals surface area contributed by atoms with Crippen LogP contribution >= 0.6 is 24.0 Å². The number of rotatable bonds is 5. The van der Waals surface area contributed by atoms with E-state index in [1.165, 1.54) is 24.3 Å². The monoisotopic (exact) mass is 506 g/mol. The molecule has 0 spiro atoms. The maximum absolute atomic E-state index is 13.8.